The SMILES string of the molecule is Fc1ccc(N/N=C/Cc2nnnn2-c2ccc(F)cc2)cc1. The average Bonchev–Trinajstić information content (AvgIpc) is 3.02. The van der Waals surface area contributed by atoms with Crippen LogP contribution in [0.2, 0.25) is 0 Å². The number of aromatic nitrogens is 4. The maximum absolute atomic E-state index is 12.9. The molecule has 0 atom stereocenters. The van der Waals surface area contributed by atoms with E-state index in [1.807, 2.05) is 0 Å². The molecule has 1 heterocycles. The van der Waals surface area contributed by atoms with Gasteiger partial charge in [0, 0.05) is 12.6 Å². The van der Waals surface area contributed by atoms with Gasteiger partial charge in [0.05, 0.1) is 11.4 Å². The topological polar surface area (TPSA) is 68.0 Å². The monoisotopic (exact) mass is 314 g/mol. The summed E-state index contributed by atoms with van der Waals surface area (Å²) in [5.74, 6) is -0.0762. The Labute approximate surface area is 130 Å². The smallest absolute Gasteiger partial charge is 0.162 e. The Bertz CT molecular complexity index is 796. The molecule has 0 saturated carbocycles. The van der Waals surface area contributed by atoms with Gasteiger partial charge in [0.2, 0.25) is 0 Å². The summed E-state index contributed by atoms with van der Waals surface area (Å²) < 4.78 is 27.2. The fourth-order valence-corrected chi connectivity index (χ4v) is 1.89. The maximum Gasteiger partial charge on any atom is 0.162 e. The first-order valence-corrected chi connectivity index (χ1v) is 6.79. The molecule has 3 aromatic rings. The molecule has 6 nitrogen and oxygen atoms in total. The van der Waals surface area contributed by atoms with E-state index < -0.39 is 0 Å². The zero-order chi connectivity index (χ0) is 16.1. The van der Waals surface area contributed by atoms with Crippen LogP contribution in [-0.2, 0) is 6.42 Å². The zero-order valence-corrected chi connectivity index (χ0v) is 11.9. The summed E-state index contributed by atoms with van der Waals surface area (Å²) in [6.45, 7) is 0. The Hall–Kier alpha value is -3.16. The Morgan fingerprint density at radius 1 is 1.00 bits per heavy atom. The highest BCUT2D eigenvalue weighted by atomic mass is 19.1. The van der Waals surface area contributed by atoms with Crippen LogP contribution in [0.25, 0.3) is 5.69 Å². The number of hydrogen-bond acceptors (Lipinski definition) is 5. The number of anilines is 1. The molecular weight excluding hydrogens is 302 g/mol. The van der Waals surface area contributed by atoms with E-state index in [2.05, 4.69) is 26.1 Å². The van der Waals surface area contributed by atoms with Crippen LogP contribution in [0.5, 0.6) is 0 Å². The molecular formula is C15H12F2N6. The molecule has 0 unspecified atom stereocenters. The number of tetrazole rings is 1. The molecule has 0 amide bonds. The van der Waals surface area contributed by atoms with E-state index in [1.54, 1.807) is 30.5 Å². The van der Waals surface area contributed by atoms with Gasteiger partial charge in [0.25, 0.3) is 0 Å². The second-order valence-corrected chi connectivity index (χ2v) is 4.62. The Morgan fingerprint density at radius 2 is 1.65 bits per heavy atom. The molecule has 0 spiro atoms. The van der Waals surface area contributed by atoms with Gasteiger partial charge in [-0.05, 0) is 59.0 Å². The first kappa shape index (κ1) is 14.8. The third-order valence-electron chi connectivity index (χ3n) is 3.01. The molecule has 0 saturated heterocycles. The van der Waals surface area contributed by atoms with E-state index in [0.717, 1.165) is 0 Å². The third-order valence-corrected chi connectivity index (χ3v) is 3.01. The van der Waals surface area contributed by atoms with E-state index in [1.165, 1.54) is 28.9 Å². The Kier molecular flexibility index (Phi) is 4.32. The molecule has 23 heavy (non-hydrogen) atoms. The van der Waals surface area contributed by atoms with Crippen LogP contribution in [0.1, 0.15) is 5.82 Å². The van der Waals surface area contributed by atoms with E-state index in [4.69, 9.17) is 0 Å². The number of benzene rings is 2. The fraction of sp³-hybridized carbons (Fsp3) is 0.0667. The van der Waals surface area contributed by atoms with Crippen LogP contribution in [0.15, 0.2) is 53.6 Å². The van der Waals surface area contributed by atoms with Crippen molar-refractivity contribution in [1.82, 2.24) is 20.2 Å². The van der Waals surface area contributed by atoms with E-state index >= 15 is 0 Å². The molecule has 0 aliphatic rings. The number of rotatable bonds is 5. The molecule has 0 fully saturated rings. The van der Waals surface area contributed by atoms with Gasteiger partial charge in [-0.15, -0.1) is 5.10 Å². The van der Waals surface area contributed by atoms with Crippen LogP contribution in [-0.4, -0.2) is 26.4 Å². The third kappa shape index (κ3) is 3.73. The first-order valence-electron chi connectivity index (χ1n) is 6.79. The highest BCUT2D eigenvalue weighted by Crippen LogP contribution is 2.10. The van der Waals surface area contributed by atoms with E-state index in [0.29, 0.717) is 23.6 Å². The molecule has 0 radical (unpaired) electrons. The van der Waals surface area contributed by atoms with Gasteiger partial charge in [-0.2, -0.15) is 9.78 Å². The minimum absolute atomic E-state index is 0.307. The number of nitrogens with one attached hydrogen (secondary N) is 1. The van der Waals surface area contributed by atoms with Gasteiger partial charge in [0.15, 0.2) is 5.82 Å². The molecule has 3 rings (SSSR count). The van der Waals surface area contributed by atoms with Gasteiger partial charge in [-0.1, -0.05) is 0 Å². The van der Waals surface area contributed by atoms with Crippen molar-refractivity contribution in [3.8, 4) is 5.69 Å². The standard InChI is InChI=1S/C15H12F2N6/c16-11-1-5-13(6-2-11)19-18-10-9-15-20-21-22-23(15)14-7-3-12(17)4-8-14/h1-8,10,19H,9H2/b18-10+. The summed E-state index contributed by atoms with van der Waals surface area (Å²) in [5, 5.41) is 15.4. The number of nitrogens with zero attached hydrogens (tertiary/aromatic N) is 5. The molecule has 1 N–H and O–H groups in total. The van der Waals surface area contributed by atoms with Gasteiger partial charge in [-0.3, -0.25) is 5.43 Å². The van der Waals surface area contributed by atoms with Crippen LogP contribution in [0.4, 0.5) is 14.5 Å². The molecule has 8 heteroatoms. The Morgan fingerprint density at radius 3 is 2.35 bits per heavy atom. The van der Waals surface area contributed by atoms with Gasteiger partial charge < -0.3 is 0 Å². The van der Waals surface area contributed by atoms with Crippen molar-refractivity contribution in [1.29, 1.82) is 0 Å². The lowest BCUT2D eigenvalue weighted by Gasteiger charge is -2.02. The quantitative estimate of drug-likeness (QED) is 0.580. The van der Waals surface area contributed by atoms with Crippen molar-refractivity contribution >= 4 is 11.9 Å². The van der Waals surface area contributed by atoms with Crippen LogP contribution in [0.3, 0.4) is 0 Å². The van der Waals surface area contributed by atoms with Crippen molar-refractivity contribution in [3.63, 3.8) is 0 Å². The average molecular weight is 314 g/mol. The van der Waals surface area contributed by atoms with Crippen LogP contribution in [0, 0.1) is 11.6 Å². The minimum atomic E-state index is -0.326. The molecule has 0 aliphatic carbocycles. The summed E-state index contributed by atoms with van der Waals surface area (Å²) in [6.07, 6.45) is 1.97. The van der Waals surface area contributed by atoms with Crippen molar-refractivity contribution in [2.45, 2.75) is 6.42 Å². The fourth-order valence-electron chi connectivity index (χ4n) is 1.89. The van der Waals surface area contributed by atoms with E-state index in [-0.39, 0.29) is 11.6 Å². The zero-order valence-electron chi connectivity index (χ0n) is 11.9. The molecule has 0 aliphatic heterocycles. The summed E-state index contributed by atoms with van der Waals surface area (Å²) in [7, 11) is 0. The molecule has 1 aromatic heterocycles. The first-order chi connectivity index (χ1) is 11.2. The van der Waals surface area contributed by atoms with Crippen LogP contribution < -0.4 is 5.43 Å². The highest BCUT2D eigenvalue weighted by molar-refractivity contribution is 5.62. The predicted octanol–water partition coefficient (Wildman–Crippen LogP) is 2.58. The second-order valence-electron chi connectivity index (χ2n) is 4.62. The van der Waals surface area contributed by atoms with Crippen molar-refractivity contribution in [2.75, 3.05) is 5.43 Å². The summed E-state index contributed by atoms with van der Waals surface area (Å²) >= 11 is 0. The largest absolute Gasteiger partial charge is 0.279 e. The molecule has 0 bridgehead atoms. The van der Waals surface area contributed by atoms with Gasteiger partial charge >= 0.3 is 0 Å². The maximum atomic E-state index is 12.9. The van der Waals surface area contributed by atoms with Gasteiger partial charge in [-0.25, -0.2) is 8.78 Å². The summed E-state index contributed by atoms with van der Waals surface area (Å²) in [5.41, 5.74) is 4.10. The van der Waals surface area contributed by atoms with Crippen LogP contribution >= 0.6 is 0 Å². The Balaban J connectivity index is 1.65. The second kappa shape index (κ2) is 6.73. The normalized spacial score (nSPS) is 11.0. The predicted molar refractivity (Wildman–Crippen MR) is 81.3 cm³/mol. The number of halogens is 2. The van der Waals surface area contributed by atoms with Crippen molar-refractivity contribution < 1.29 is 8.78 Å². The lowest BCUT2D eigenvalue weighted by molar-refractivity contribution is 0.626. The highest BCUT2D eigenvalue weighted by Gasteiger charge is 2.06. The number of hydrazone groups is 1. The lowest BCUT2D eigenvalue weighted by atomic mass is 10.3. The van der Waals surface area contributed by atoms with Crippen molar-refractivity contribution in [3.05, 3.63) is 66.0 Å². The molecule has 2 aromatic carbocycles. The molecule has 116 valence electrons. The number of hydrogen-bond donors (Lipinski definition) is 1. The summed E-state index contributed by atoms with van der Waals surface area (Å²) in [6, 6.07) is 11.7. The lowest BCUT2D eigenvalue weighted by Crippen LogP contribution is -2.04. The van der Waals surface area contributed by atoms with E-state index in [9.17, 15) is 8.78 Å². The minimum Gasteiger partial charge on any atom is -0.279 e. The summed E-state index contributed by atoms with van der Waals surface area (Å²) in [4.78, 5) is 0. The van der Waals surface area contributed by atoms with Crippen molar-refractivity contribution in [2.24, 2.45) is 5.10 Å². The van der Waals surface area contributed by atoms with Gasteiger partial charge in [0.1, 0.15) is 11.6 Å².